The smallest absolute Gasteiger partial charge is 0.143 e. The number of aliphatic hydroxyl groups is 1. The predicted octanol–water partition coefficient (Wildman–Crippen LogP) is 2.01. The molecule has 0 aromatic rings. The van der Waals surface area contributed by atoms with E-state index in [0.29, 0.717) is 6.42 Å². The summed E-state index contributed by atoms with van der Waals surface area (Å²) in [6.07, 6.45) is 0.545. The van der Waals surface area contributed by atoms with E-state index in [1.807, 2.05) is 34.6 Å². The van der Waals surface area contributed by atoms with Crippen LogP contribution in [0.2, 0.25) is 0 Å². The van der Waals surface area contributed by atoms with Gasteiger partial charge in [0.2, 0.25) is 0 Å². The maximum absolute atomic E-state index is 11.8. The van der Waals surface area contributed by atoms with Crippen LogP contribution >= 0.6 is 0 Å². The number of rotatable bonds is 3. The van der Waals surface area contributed by atoms with Crippen molar-refractivity contribution in [2.45, 2.75) is 41.0 Å². The Labute approximate surface area is 75.0 Å². The van der Waals surface area contributed by atoms with Crippen molar-refractivity contribution < 1.29 is 9.90 Å². The third-order valence-electron chi connectivity index (χ3n) is 2.03. The van der Waals surface area contributed by atoms with Crippen molar-refractivity contribution in [3.05, 3.63) is 0 Å². The topological polar surface area (TPSA) is 37.3 Å². The minimum absolute atomic E-state index is 0.0782. The molecular weight excluding hydrogens is 152 g/mol. The van der Waals surface area contributed by atoms with E-state index in [9.17, 15) is 4.79 Å². The third-order valence-corrected chi connectivity index (χ3v) is 2.03. The van der Waals surface area contributed by atoms with Gasteiger partial charge in [-0.2, -0.15) is 0 Å². The van der Waals surface area contributed by atoms with Gasteiger partial charge in [0.1, 0.15) is 5.78 Å². The van der Waals surface area contributed by atoms with Gasteiger partial charge in [0, 0.05) is 17.4 Å². The molecule has 0 saturated carbocycles. The Bertz CT molecular complexity index is 163. The van der Waals surface area contributed by atoms with Crippen molar-refractivity contribution >= 4 is 5.78 Å². The van der Waals surface area contributed by atoms with Gasteiger partial charge in [-0.05, 0) is 6.42 Å². The Morgan fingerprint density at radius 2 is 1.58 bits per heavy atom. The van der Waals surface area contributed by atoms with E-state index in [-0.39, 0.29) is 17.8 Å². The van der Waals surface area contributed by atoms with Gasteiger partial charge in [0.15, 0.2) is 0 Å². The van der Waals surface area contributed by atoms with Crippen molar-refractivity contribution in [3.63, 3.8) is 0 Å². The van der Waals surface area contributed by atoms with Gasteiger partial charge in [0.05, 0.1) is 0 Å². The number of ketones is 1. The molecule has 2 nitrogen and oxygen atoms in total. The predicted molar refractivity (Wildman–Crippen MR) is 49.9 cm³/mol. The minimum Gasteiger partial charge on any atom is -0.396 e. The van der Waals surface area contributed by atoms with Crippen LogP contribution in [0.4, 0.5) is 0 Å². The molecule has 0 atom stereocenters. The molecule has 0 radical (unpaired) electrons. The maximum Gasteiger partial charge on any atom is 0.143 e. The molecule has 0 saturated heterocycles. The van der Waals surface area contributed by atoms with E-state index < -0.39 is 5.41 Å². The molecule has 0 heterocycles. The fourth-order valence-electron chi connectivity index (χ4n) is 1.41. The first kappa shape index (κ1) is 11.6. The van der Waals surface area contributed by atoms with Gasteiger partial charge in [0.25, 0.3) is 0 Å². The first-order chi connectivity index (χ1) is 5.22. The molecule has 0 fully saturated rings. The second-order valence-corrected chi connectivity index (χ2v) is 4.94. The lowest BCUT2D eigenvalue weighted by atomic mass is 9.73. The lowest BCUT2D eigenvalue weighted by Gasteiger charge is -2.30. The molecule has 0 rings (SSSR count). The Balaban J connectivity index is 4.46. The summed E-state index contributed by atoms with van der Waals surface area (Å²) < 4.78 is 0. The second-order valence-electron chi connectivity index (χ2n) is 4.94. The van der Waals surface area contributed by atoms with Crippen LogP contribution in [0.3, 0.4) is 0 Å². The number of Topliss-reactive ketones (excluding diaryl/α,β-unsaturated/α-hetero) is 1. The molecule has 0 unspecified atom stereocenters. The summed E-state index contributed by atoms with van der Waals surface area (Å²) >= 11 is 0. The van der Waals surface area contributed by atoms with E-state index >= 15 is 0 Å². The summed E-state index contributed by atoms with van der Waals surface area (Å²) in [5.74, 6) is 0.212. The van der Waals surface area contributed by atoms with Crippen LogP contribution in [0.25, 0.3) is 0 Å². The molecule has 0 amide bonds. The summed E-state index contributed by atoms with van der Waals surface area (Å²) in [5, 5.41) is 8.76. The highest BCUT2D eigenvalue weighted by Gasteiger charge is 2.35. The number of hydrogen-bond acceptors (Lipinski definition) is 2. The lowest BCUT2D eigenvalue weighted by molar-refractivity contribution is -0.135. The largest absolute Gasteiger partial charge is 0.396 e. The van der Waals surface area contributed by atoms with Crippen LogP contribution in [0.5, 0.6) is 0 Å². The first-order valence-electron chi connectivity index (χ1n) is 4.37. The number of carbonyl (C=O) groups is 1. The van der Waals surface area contributed by atoms with Crippen molar-refractivity contribution in [2.24, 2.45) is 10.8 Å². The summed E-state index contributed by atoms with van der Waals surface area (Å²) in [6.45, 7) is 9.58. The zero-order valence-corrected chi connectivity index (χ0v) is 8.77. The van der Waals surface area contributed by atoms with E-state index in [1.165, 1.54) is 0 Å². The summed E-state index contributed by atoms with van der Waals surface area (Å²) in [6, 6.07) is 0. The van der Waals surface area contributed by atoms with Crippen molar-refractivity contribution in [2.75, 3.05) is 6.61 Å². The fourth-order valence-corrected chi connectivity index (χ4v) is 1.41. The van der Waals surface area contributed by atoms with Gasteiger partial charge in [-0.15, -0.1) is 0 Å². The number of aliphatic hydroxyl groups excluding tert-OH is 1. The highest BCUT2D eigenvalue weighted by atomic mass is 16.3. The van der Waals surface area contributed by atoms with Crippen LogP contribution in [-0.4, -0.2) is 17.5 Å². The number of hydrogen-bond donors (Lipinski definition) is 1. The van der Waals surface area contributed by atoms with E-state index in [1.54, 1.807) is 0 Å². The highest BCUT2D eigenvalue weighted by Crippen LogP contribution is 2.31. The van der Waals surface area contributed by atoms with Crippen molar-refractivity contribution in [3.8, 4) is 0 Å². The Morgan fingerprint density at radius 3 is 1.83 bits per heavy atom. The van der Waals surface area contributed by atoms with Crippen LogP contribution in [0.15, 0.2) is 0 Å². The van der Waals surface area contributed by atoms with E-state index in [2.05, 4.69) is 0 Å². The quantitative estimate of drug-likeness (QED) is 0.707. The molecule has 0 spiro atoms. The zero-order valence-electron chi connectivity index (χ0n) is 8.77. The molecule has 72 valence electrons. The van der Waals surface area contributed by atoms with Gasteiger partial charge in [-0.25, -0.2) is 0 Å². The Kier molecular flexibility index (Phi) is 3.45. The average Bonchev–Trinajstić information content (AvgIpc) is 1.84. The number of carbonyl (C=O) groups excluding carboxylic acids is 1. The summed E-state index contributed by atoms with van der Waals surface area (Å²) in [4.78, 5) is 11.8. The highest BCUT2D eigenvalue weighted by molar-refractivity contribution is 5.88. The van der Waals surface area contributed by atoms with E-state index in [4.69, 9.17) is 5.11 Å². The first-order valence-corrected chi connectivity index (χ1v) is 4.37. The monoisotopic (exact) mass is 172 g/mol. The standard InChI is InChI=1S/C10H20O2/c1-9(2,3)8(12)10(4,5)6-7-11/h11H,6-7H2,1-5H3. The molecule has 0 bridgehead atoms. The zero-order chi connectivity index (χ0) is 9.99. The summed E-state index contributed by atoms with van der Waals surface area (Å²) in [5.41, 5.74) is -0.703. The van der Waals surface area contributed by atoms with Crippen molar-refractivity contribution in [1.82, 2.24) is 0 Å². The van der Waals surface area contributed by atoms with Gasteiger partial charge in [-0.1, -0.05) is 34.6 Å². The minimum atomic E-state index is -0.396. The molecule has 0 aliphatic carbocycles. The Hall–Kier alpha value is -0.370. The molecule has 2 heteroatoms. The van der Waals surface area contributed by atoms with Crippen LogP contribution in [0, 0.1) is 10.8 Å². The fraction of sp³-hybridized carbons (Fsp3) is 0.900. The van der Waals surface area contributed by atoms with Gasteiger partial charge >= 0.3 is 0 Å². The lowest BCUT2D eigenvalue weighted by Crippen LogP contribution is -2.35. The van der Waals surface area contributed by atoms with Gasteiger partial charge < -0.3 is 5.11 Å². The molecule has 1 N–H and O–H groups in total. The summed E-state index contributed by atoms with van der Waals surface area (Å²) in [7, 11) is 0. The van der Waals surface area contributed by atoms with Crippen LogP contribution < -0.4 is 0 Å². The normalized spacial score (nSPS) is 13.2. The van der Waals surface area contributed by atoms with Crippen molar-refractivity contribution in [1.29, 1.82) is 0 Å². The van der Waals surface area contributed by atoms with Crippen LogP contribution in [-0.2, 0) is 4.79 Å². The van der Waals surface area contributed by atoms with Crippen LogP contribution in [0.1, 0.15) is 41.0 Å². The third kappa shape index (κ3) is 2.94. The van der Waals surface area contributed by atoms with Gasteiger partial charge in [-0.3, -0.25) is 4.79 Å². The Morgan fingerprint density at radius 1 is 1.17 bits per heavy atom. The molecule has 0 aromatic carbocycles. The molecule has 0 aliphatic rings. The molecule has 0 aromatic heterocycles. The molecule has 0 aliphatic heterocycles. The second kappa shape index (κ2) is 3.56. The van der Waals surface area contributed by atoms with E-state index in [0.717, 1.165) is 0 Å². The maximum atomic E-state index is 11.8. The molecular formula is C10H20O2. The molecule has 12 heavy (non-hydrogen) atoms. The average molecular weight is 172 g/mol. The SMILES string of the molecule is CC(C)(C)C(=O)C(C)(C)CCO.